The summed E-state index contributed by atoms with van der Waals surface area (Å²) >= 11 is 0. The average Bonchev–Trinajstić information content (AvgIpc) is 2.44. The van der Waals surface area contributed by atoms with Crippen molar-refractivity contribution in [3.8, 4) is 0 Å². The van der Waals surface area contributed by atoms with E-state index in [1.54, 1.807) is 12.3 Å². The Morgan fingerprint density at radius 3 is 2.60 bits per heavy atom. The van der Waals surface area contributed by atoms with Crippen molar-refractivity contribution in [1.29, 1.82) is 0 Å². The van der Waals surface area contributed by atoms with Crippen LogP contribution in [0.5, 0.6) is 0 Å². The van der Waals surface area contributed by atoms with Gasteiger partial charge in [-0.25, -0.2) is 4.98 Å². The second kappa shape index (κ2) is 7.31. The molecular weight excluding hydrogens is 259 g/mol. The Morgan fingerprint density at radius 2 is 2.00 bits per heavy atom. The summed E-state index contributed by atoms with van der Waals surface area (Å²) in [5.41, 5.74) is 1.02. The van der Waals surface area contributed by atoms with Crippen LogP contribution in [0.3, 0.4) is 0 Å². The van der Waals surface area contributed by atoms with Crippen LogP contribution in [-0.4, -0.2) is 60.0 Å². The first-order valence-corrected chi connectivity index (χ1v) is 6.99. The number of rotatable bonds is 5. The molecule has 20 heavy (non-hydrogen) atoms. The summed E-state index contributed by atoms with van der Waals surface area (Å²) < 4.78 is 12.7. The van der Waals surface area contributed by atoms with Gasteiger partial charge in [-0.1, -0.05) is 6.07 Å². The molecule has 1 aromatic heterocycles. The van der Waals surface area contributed by atoms with Gasteiger partial charge in [0, 0.05) is 45.5 Å². The molecule has 0 unspecified atom stereocenters. The van der Waals surface area contributed by atoms with Crippen LogP contribution < -0.4 is 5.32 Å². The minimum atomic E-state index is -0.444. The number of aromatic nitrogens is 1. The van der Waals surface area contributed by atoms with E-state index in [-0.39, 0.29) is 5.91 Å². The quantitative estimate of drug-likeness (QED) is 0.797. The number of piperazine rings is 1. The molecule has 1 aliphatic heterocycles. The van der Waals surface area contributed by atoms with Crippen molar-refractivity contribution in [2.45, 2.75) is 13.5 Å². The summed E-state index contributed by atoms with van der Waals surface area (Å²) in [6.45, 7) is 7.44. The fourth-order valence-corrected chi connectivity index (χ4v) is 2.32. The standard InChI is InChI=1S/C14H21FN4O/c1-2-16-14(20)11-19-7-5-18(6-8-19)10-12-3-4-13(15)17-9-12/h3-4,9H,2,5-8,10-11H2,1H3,(H,16,20). The third-order valence-electron chi connectivity index (χ3n) is 3.40. The first kappa shape index (κ1) is 14.9. The first-order chi connectivity index (χ1) is 9.67. The largest absolute Gasteiger partial charge is 0.355 e. The monoisotopic (exact) mass is 280 g/mol. The second-order valence-corrected chi connectivity index (χ2v) is 4.99. The molecule has 0 aromatic carbocycles. The molecule has 1 N–H and O–H groups in total. The number of halogens is 1. The van der Waals surface area contributed by atoms with E-state index >= 15 is 0 Å². The maximum Gasteiger partial charge on any atom is 0.234 e. The summed E-state index contributed by atoms with van der Waals surface area (Å²) in [5, 5.41) is 2.81. The fraction of sp³-hybridized carbons (Fsp3) is 0.571. The summed E-state index contributed by atoms with van der Waals surface area (Å²) in [5.74, 6) is -0.357. The Hall–Kier alpha value is -1.53. The lowest BCUT2D eigenvalue weighted by Gasteiger charge is -2.34. The second-order valence-electron chi connectivity index (χ2n) is 4.99. The highest BCUT2D eigenvalue weighted by Crippen LogP contribution is 2.08. The van der Waals surface area contributed by atoms with Crippen LogP contribution in [-0.2, 0) is 11.3 Å². The molecule has 1 fully saturated rings. The number of likely N-dealkylation sites (N-methyl/N-ethyl adjacent to an activating group) is 1. The number of nitrogens with one attached hydrogen (secondary N) is 1. The van der Waals surface area contributed by atoms with E-state index in [9.17, 15) is 9.18 Å². The van der Waals surface area contributed by atoms with Gasteiger partial charge in [-0.3, -0.25) is 14.6 Å². The zero-order chi connectivity index (χ0) is 14.4. The van der Waals surface area contributed by atoms with Crippen LogP contribution in [0.15, 0.2) is 18.3 Å². The van der Waals surface area contributed by atoms with E-state index < -0.39 is 5.95 Å². The number of hydrogen-bond donors (Lipinski definition) is 1. The molecule has 2 heterocycles. The lowest BCUT2D eigenvalue weighted by atomic mass is 10.2. The van der Waals surface area contributed by atoms with Gasteiger partial charge in [-0.15, -0.1) is 0 Å². The molecule has 1 saturated heterocycles. The minimum absolute atomic E-state index is 0.0867. The van der Waals surface area contributed by atoms with Gasteiger partial charge in [-0.2, -0.15) is 4.39 Å². The Balaban J connectivity index is 1.74. The molecule has 5 nitrogen and oxygen atoms in total. The molecular formula is C14H21FN4O. The van der Waals surface area contributed by atoms with Crippen molar-refractivity contribution in [1.82, 2.24) is 20.1 Å². The maximum absolute atomic E-state index is 12.7. The smallest absolute Gasteiger partial charge is 0.234 e. The summed E-state index contributed by atoms with van der Waals surface area (Å²) in [6.07, 6.45) is 1.58. The van der Waals surface area contributed by atoms with Gasteiger partial charge in [-0.05, 0) is 18.6 Å². The Morgan fingerprint density at radius 1 is 1.30 bits per heavy atom. The van der Waals surface area contributed by atoms with Crippen molar-refractivity contribution in [3.63, 3.8) is 0 Å². The number of hydrogen-bond acceptors (Lipinski definition) is 4. The average molecular weight is 280 g/mol. The molecule has 1 aromatic rings. The number of pyridine rings is 1. The van der Waals surface area contributed by atoms with Gasteiger partial charge in [0.2, 0.25) is 11.9 Å². The summed E-state index contributed by atoms with van der Waals surface area (Å²) in [4.78, 5) is 19.6. The van der Waals surface area contributed by atoms with Crippen molar-refractivity contribution in [2.75, 3.05) is 39.3 Å². The number of carbonyl (C=O) groups excluding carboxylic acids is 1. The molecule has 0 spiro atoms. The van der Waals surface area contributed by atoms with Crippen LogP contribution >= 0.6 is 0 Å². The molecule has 0 bridgehead atoms. The number of carbonyl (C=O) groups is 1. The summed E-state index contributed by atoms with van der Waals surface area (Å²) in [6, 6.07) is 3.16. The number of amides is 1. The maximum atomic E-state index is 12.7. The molecule has 0 saturated carbocycles. The normalized spacial score (nSPS) is 17.1. The van der Waals surface area contributed by atoms with E-state index in [2.05, 4.69) is 20.1 Å². The van der Waals surface area contributed by atoms with Crippen molar-refractivity contribution >= 4 is 5.91 Å². The minimum Gasteiger partial charge on any atom is -0.355 e. The van der Waals surface area contributed by atoms with Crippen molar-refractivity contribution in [3.05, 3.63) is 29.8 Å². The Bertz CT molecular complexity index is 429. The topological polar surface area (TPSA) is 48.5 Å². The van der Waals surface area contributed by atoms with E-state index in [0.717, 1.165) is 38.3 Å². The van der Waals surface area contributed by atoms with Gasteiger partial charge < -0.3 is 5.32 Å². The molecule has 0 atom stereocenters. The lowest BCUT2D eigenvalue weighted by Crippen LogP contribution is -2.49. The fourth-order valence-electron chi connectivity index (χ4n) is 2.32. The van der Waals surface area contributed by atoms with Crippen LogP contribution in [0.2, 0.25) is 0 Å². The predicted molar refractivity (Wildman–Crippen MR) is 74.6 cm³/mol. The Labute approximate surface area is 118 Å². The lowest BCUT2D eigenvalue weighted by molar-refractivity contribution is -0.122. The van der Waals surface area contributed by atoms with E-state index in [0.29, 0.717) is 13.1 Å². The van der Waals surface area contributed by atoms with Crippen LogP contribution in [0.4, 0.5) is 4.39 Å². The molecule has 110 valence electrons. The highest BCUT2D eigenvalue weighted by Gasteiger charge is 2.18. The van der Waals surface area contributed by atoms with E-state index in [4.69, 9.17) is 0 Å². The van der Waals surface area contributed by atoms with E-state index in [1.165, 1.54) is 6.07 Å². The van der Waals surface area contributed by atoms with Crippen molar-refractivity contribution in [2.24, 2.45) is 0 Å². The van der Waals surface area contributed by atoms with Crippen LogP contribution in [0.25, 0.3) is 0 Å². The molecule has 0 aliphatic carbocycles. The van der Waals surface area contributed by atoms with Gasteiger partial charge in [0.05, 0.1) is 6.54 Å². The Kier molecular flexibility index (Phi) is 5.43. The van der Waals surface area contributed by atoms with Crippen LogP contribution in [0, 0.1) is 5.95 Å². The summed E-state index contributed by atoms with van der Waals surface area (Å²) in [7, 11) is 0. The van der Waals surface area contributed by atoms with Gasteiger partial charge >= 0.3 is 0 Å². The molecule has 1 amide bonds. The van der Waals surface area contributed by atoms with Crippen molar-refractivity contribution < 1.29 is 9.18 Å². The predicted octanol–water partition coefficient (Wildman–Crippen LogP) is 0.474. The van der Waals surface area contributed by atoms with Gasteiger partial charge in [0.15, 0.2) is 0 Å². The third kappa shape index (κ3) is 4.54. The zero-order valence-electron chi connectivity index (χ0n) is 11.8. The third-order valence-corrected chi connectivity index (χ3v) is 3.40. The highest BCUT2D eigenvalue weighted by atomic mass is 19.1. The van der Waals surface area contributed by atoms with Gasteiger partial charge in [0.25, 0.3) is 0 Å². The highest BCUT2D eigenvalue weighted by molar-refractivity contribution is 5.77. The molecule has 0 radical (unpaired) electrons. The zero-order valence-corrected chi connectivity index (χ0v) is 11.8. The van der Waals surface area contributed by atoms with Crippen LogP contribution in [0.1, 0.15) is 12.5 Å². The van der Waals surface area contributed by atoms with E-state index in [1.807, 2.05) is 6.92 Å². The molecule has 6 heteroatoms. The molecule has 2 rings (SSSR count). The van der Waals surface area contributed by atoms with Gasteiger partial charge in [0.1, 0.15) is 0 Å². The first-order valence-electron chi connectivity index (χ1n) is 6.99. The molecule has 1 aliphatic rings. The SMILES string of the molecule is CCNC(=O)CN1CCN(Cc2ccc(F)nc2)CC1. The number of nitrogens with zero attached hydrogens (tertiary/aromatic N) is 3.